The van der Waals surface area contributed by atoms with E-state index in [2.05, 4.69) is 31.0 Å². The molecule has 1 fully saturated rings. The zero-order valence-electron chi connectivity index (χ0n) is 11.9. The van der Waals surface area contributed by atoms with Gasteiger partial charge in [-0.3, -0.25) is 9.69 Å². The number of unbranched alkanes of at least 4 members (excludes halogenated alkanes) is 1. The molecule has 0 aromatic heterocycles. The van der Waals surface area contributed by atoms with E-state index in [0.717, 1.165) is 25.9 Å². The Morgan fingerprint density at radius 3 is 2.71 bits per heavy atom. The van der Waals surface area contributed by atoms with Crippen LogP contribution >= 0.6 is 0 Å². The van der Waals surface area contributed by atoms with Crippen molar-refractivity contribution in [2.75, 3.05) is 20.1 Å². The van der Waals surface area contributed by atoms with Crippen LogP contribution in [-0.2, 0) is 4.79 Å². The Balaban J connectivity index is 2.31. The standard InChI is InChI=1S/C14H28N2O/c1-5-6-9-14(2,3)11-15-13(17)12-8-7-10-16(12)4/h12H,5-11H2,1-4H3,(H,15,17)/t12-/m0/s1. The SMILES string of the molecule is CCCCC(C)(C)CNC(=O)[C@@H]1CCCN1C. The van der Waals surface area contributed by atoms with E-state index >= 15 is 0 Å². The summed E-state index contributed by atoms with van der Waals surface area (Å²) >= 11 is 0. The van der Waals surface area contributed by atoms with Crippen LogP contribution < -0.4 is 5.32 Å². The van der Waals surface area contributed by atoms with Gasteiger partial charge in [0, 0.05) is 6.54 Å². The number of carbonyl (C=O) groups excluding carboxylic acids is 1. The fourth-order valence-electron chi connectivity index (χ4n) is 2.43. The lowest BCUT2D eigenvalue weighted by Gasteiger charge is -2.27. The van der Waals surface area contributed by atoms with E-state index in [0.29, 0.717) is 0 Å². The molecule has 0 bridgehead atoms. The number of carbonyl (C=O) groups is 1. The molecule has 3 heteroatoms. The Bertz CT molecular complexity index is 251. The fraction of sp³-hybridized carbons (Fsp3) is 0.929. The molecule has 100 valence electrons. The van der Waals surface area contributed by atoms with Crippen molar-refractivity contribution < 1.29 is 4.79 Å². The monoisotopic (exact) mass is 240 g/mol. The Morgan fingerprint density at radius 2 is 2.18 bits per heavy atom. The fourth-order valence-corrected chi connectivity index (χ4v) is 2.43. The minimum absolute atomic E-state index is 0.108. The van der Waals surface area contributed by atoms with Gasteiger partial charge in [0.1, 0.15) is 0 Å². The molecule has 0 spiro atoms. The summed E-state index contributed by atoms with van der Waals surface area (Å²) in [6.07, 6.45) is 5.81. The van der Waals surface area contributed by atoms with Crippen molar-refractivity contribution in [3.05, 3.63) is 0 Å². The molecule has 1 saturated heterocycles. The minimum Gasteiger partial charge on any atom is -0.354 e. The van der Waals surface area contributed by atoms with E-state index in [1.54, 1.807) is 0 Å². The van der Waals surface area contributed by atoms with Gasteiger partial charge in [0.2, 0.25) is 5.91 Å². The molecule has 0 radical (unpaired) electrons. The second kappa shape index (κ2) is 6.39. The molecule has 1 atom stereocenters. The number of likely N-dealkylation sites (N-methyl/N-ethyl adjacent to an activating group) is 1. The van der Waals surface area contributed by atoms with Crippen LogP contribution in [0.5, 0.6) is 0 Å². The Labute approximate surface area is 106 Å². The lowest BCUT2D eigenvalue weighted by Crippen LogP contribution is -2.44. The first-order valence-electron chi connectivity index (χ1n) is 6.94. The smallest absolute Gasteiger partial charge is 0.237 e. The number of amides is 1. The molecule has 1 heterocycles. The molecular formula is C14H28N2O. The lowest BCUT2D eigenvalue weighted by molar-refractivity contribution is -0.125. The molecule has 1 rings (SSSR count). The van der Waals surface area contributed by atoms with Gasteiger partial charge in [-0.05, 0) is 38.3 Å². The molecule has 0 saturated carbocycles. The van der Waals surface area contributed by atoms with Crippen molar-refractivity contribution in [3.63, 3.8) is 0 Å². The largest absolute Gasteiger partial charge is 0.354 e. The van der Waals surface area contributed by atoms with Crippen LogP contribution in [0, 0.1) is 5.41 Å². The zero-order valence-corrected chi connectivity index (χ0v) is 11.9. The molecule has 1 aliphatic heterocycles. The van der Waals surface area contributed by atoms with E-state index in [9.17, 15) is 4.79 Å². The van der Waals surface area contributed by atoms with Crippen LogP contribution in [0.15, 0.2) is 0 Å². The highest BCUT2D eigenvalue weighted by Gasteiger charge is 2.28. The van der Waals surface area contributed by atoms with Gasteiger partial charge in [-0.15, -0.1) is 0 Å². The van der Waals surface area contributed by atoms with Gasteiger partial charge in [0.25, 0.3) is 0 Å². The summed E-state index contributed by atoms with van der Waals surface area (Å²) in [5.74, 6) is 0.217. The second-order valence-electron chi connectivity index (χ2n) is 6.12. The number of likely N-dealkylation sites (tertiary alicyclic amines) is 1. The Hall–Kier alpha value is -0.570. The van der Waals surface area contributed by atoms with Gasteiger partial charge in [0.15, 0.2) is 0 Å². The highest BCUT2D eigenvalue weighted by molar-refractivity contribution is 5.82. The first-order chi connectivity index (χ1) is 7.96. The van der Waals surface area contributed by atoms with Crippen LogP contribution in [0.1, 0.15) is 52.9 Å². The maximum atomic E-state index is 12.0. The van der Waals surface area contributed by atoms with Crippen molar-refractivity contribution in [2.24, 2.45) is 5.41 Å². The van der Waals surface area contributed by atoms with Crippen LogP contribution in [-0.4, -0.2) is 37.0 Å². The van der Waals surface area contributed by atoms with Crippen molar-refractivity contribution in [1.82, 2.24) is 10.2 Å². The van der Waals surface area contributed by atoms with Crippen molar-refractivity contribution in [1.29, 1.82) is 0 Å². The molecule has 17 heavy (non-hydrogen) atoms. The molecular weight excluding hydrogens is 212 g/mol. The summed E-state index contributed by atoms with van der Waals surface area (Å²) in [5, 5.41) is 3.12. The first kappa shape index (κ1) is 14.5. The van der Waals surface area contributed by atoms with E-state index in [-0.39, 0.29) is 17.4 Å². The van der Waals surface area contributed by atoms with Crippen molar-refractivity contribution in [2.45, 2.75) is 58.9 Å². The van der Waals surface area contributed by atoms with E-state index in [4.69, 9.17) is 0 Å². The maximum absolute atomic E-state index is 12.0. The second-order valence-corrected chi connectivity index (χ2v) is 6.12. The van der Waals surface area contributed by atoms with Crippen LogP contribution in [0.25, 0.3) is 0 Å². The molecule has 1 aliphatic rings. The Kier molecular flexibility index (Phi) is 5.44. The summed E-state index contributed by atoms with van der Waals surface area (Å²) in [4.78, 5) is 14.2. The minimum atomic E-state index is 0.108. The zero-order chi connectivity index (χ0) is 12.9. The number of hydrogen-bond acceptors (Lipinski definition) is 2. The van der Waals surface area contributed by atoms with Crippen LogP contribution in [0.4, 0.5) is 0 Å². The lowest BCUT2D eigenvalue weighted by atomic mass is 9.87. The molecule has 1 N–H and O–H groups in total. The van der Waals surface area contributed by atoms with Gasteiger partial charge in [-0.2, -0.15) is 0 Å². The highest BCUT2D eigenvalue weighted by atomic mass is 16.2. The topological polar surface area (TPSA) is 32.3 Å². The average Bonchev–Trinajstić information content (AvgIpc) is 2.70. The number of hydrogen-bond donors (Lipinski definition) is 1. The molecule has 0 aromatic carbocycles. The maximum Gasteiger partial charge on any atom is 0.237 e. The normalized spacial score (nSPS) is 21.8. The summed E-state index contributed by atoms with van der Waals surface area (Å²) in [6, 6.07) is 0.108. The first-order valence-corrected chi connectivity index (χ1v) is 6.94. The summed E-state index contributed by atoms with van der Waals surface area (Å²) in [7, 11) is 2.04. The third-order valence-electron chi connectivity index (χ3n) is 3.77. The molecule has 3 nitrogen and oxygen atoms in total. The molecule has 0 unspecified atom stereocenters. The quantitative estimate of drug-likeness (QED) is 0.773. The molecule has 0 aliphatic carbocycles. The summed E-state index contributed by atoms with van der Waals surface area (Å²) in [6.45, 7) is 8.54. The van der Waals surface area contributed by atoms with Crippen molar-refractivity contribution >= 4 is 5.91 Å². The third-order valence-corrected chi connectivity index (χ3v) is 3.77. The van der Waals surface area contributed by atoms with Gasteiger partial charge in [-0.1, -0.05) is 33.6 Å². The Morgan fingerprint density at radius 1 is 1.47 bits per heavy atom. The van der Waals surface area contributed by atoms with Gasteiger partial charge in [0.05, 0.1) is 6.04 Å². The number of nitrogens with zero attached hydrogens (tertiary/aromatic N) is 1. The molecule has 0 aromatic rings. The van der Waals surface area contributed by atoms with E-state index in [1.165, 1.54) is 19.3 Å². The van der Waals surface area contributed by atoms with Gasteiger partial charge < -0.3 is 5.32 Å². The number of rotatable bonds is 6. The number of nitrogens with one attached hydrogen (secondary N) is 1. The average molecular weight is 240 g/mol. The summed E-state index contributed by atoms with van der Waals surface area (Å²) in [5.41, 5.74) is 0.225. The van der Waals surface area contributed by atoms with Crippen molar-refractivity contribution in [3.8, 4) is 0 Å². The van der Waals surface area contributed by atoms with Crippen LogP contribution in [0.3, 0.4) is 0 Å². The van der Waals surface area contributed by atoms with E-state index in [1.807, 2.05) is 7.05 Å². The molecule has 1 amide bonds. The van der Waals surface area contributed by atoms with Gasteiger partial charge in [-0.25, -0.2) is 0 Å². The van der Waals surface area contributed by atoms with E-state index < -0.39 is 0 Å². The predicted molar refractivity (Wildman–Crippen MR) is 72.0 cm³/mol. The van der Waals surface area contributed by atoms with Gasteiger partial charge >= 0.3 is 0 Å². The van der Waals surface area contributed by atoms with Crippen LogP contribution in [0.2, 0.25) is 0 Å². The highest BCUT2D eigenvalue weighted by Crippen LogP contribution is 2.22. The summed E-state index contributed by atoms with van der Waals surface area (Å²) < 4.78 is 0. The third kappa shape index (κ3) is 4.66. The predicted octanol–water partition coefficient (Wildman–Crippen LogP) is 2.41.